The average Bonchev–Trinajstić information content (AvgIpc) is 2.97. The van der Waals surface area contributed by atoms with Gasteiger partial charge in [-0.15, -0.1) is 0 Å². The van der Waals surface area contributed by atoms with Crippen LogP contribution >= 0.6 is 0 Å². The van der Waals surface area contributed by atoms with Gasteiger partial charge in [-0.3, -0.25) is 0 Å². The average molecular weight is 302 g/mol. The molecule has 1 N–H and O–H groups in total. The van der Waals surface area contributed by atoms with Gasteiger partial charge in [-0.05, 0) is 38.1 Å². The monoisotopic (exact) mass is 302 g/mol. The third kappa shape index (κ3) is 2.20. The van der Waals surface area contributed by atoms with Crippen molar-refractivity contribution in [3.8, 4) is 0 Å². The number of rotatable bonds is 2. The maximum Gasteiger partial charge on any atom is 0.340 e. The van der Waals surface area contributed by atoms with Crippen LogP contribution in [0.4, 0.5) is 4.39 Å². The second-order valence-corrected chi connectivity index (χ2v) is 6.44. The molecule has 0 aliphatic carbocycles. The highest BCUT2D eigenvalue weighted by Crippen LogP contribution is 2.36. The number of benzene rings is 1. The zero-order chi connectivity index (χ0) is 15.3. The van der Waals surface area contributed by atoms with Crippen molar-refractivity contribution in [2.24, 2.45) is 0 Å². The van der Waals surface area contributed by atoms with E-state index in [9.17, 15) is 9.18 Å². The lowest BCUT2D eigenvalue weighted by atomic mass is 10.0. The SMILES string of the molecule is CN1[C@@H]2CC[C@@H]1CC(OC(=O)c1c[nH]c3cc(F)ccc13)C2. The van der Waals surface area contributed by atoms with Gasteiger partial charge in [-0.25, -0.2) is 9.18 Å². The normalized spacial score (nSPS) is 28.2. The number of fused-ring (bicyclic) bond motifs is 3. The molecule has 0 saturated carbocycles. The van der Waals surface area contributed by atoms with Crippen LogP contribution in [-0.4, -0.2) is 41.1 Å². The molecular formula is C17H19FN2O2. The molecule has 2 aliphatic rings. The maximum absolute atomic E-state index is 13.2. The lowest BCUT2D eigenvalue weighted by molar-refractivity contribution is -0.000259. The van der Waals surface area contributed by atoms with Crippen molar-refractivity contribution in [2.45, 2.75) is 43.9 Å². The lowest BCUT2D eigenvalue weighted by Gasteiger charge is -2.35. The first-order chi connectivity index (χ1) is 10.6. The molecule has 1 aromatic carbocycles. The number of halogens is 1. The first kappa shape index (κ1) is 13.8. The van der Waals surface area contributed by atoms with Crippen molar-refractivity contribution in [1.29, 1.82) is 0 Å². The van der Waals surface area contributed by atoms with Gasteiger partial charge in [-0.2, -0.15) is 0 Å². The fourth-order valence-corrected chi connectivity index (χ4v) is 3.94. The van der Waals surface area contributed by atoms with E-state index in [1.54, 1.807) is 12.3 Å². The first-order valence-corrected chi connectivity index (χ1v) is 7.81. The molecule has 2 atom stereocenters. The number of hydrogen-bond acceptors (Lipinski definition) is 3. The number of nitrogens with zero attached hydrogens (tertiary/aromatic N) is 1. The molecule has 0 spiro atoms. The van der Waals surface area contributed by atoms with Crippen LogP contribution in [0.25, 0.3) is 10.9 Å². The summed E-state index contributed by atoms with van der Waals surface area (Å²) in [5.41, 5.74) is 1.11. The number of hydrogen-bond donors (Lipinski definition) is 1. The third-order valence-corrected chi connectivity index (χ3v) is 5.19. The Bertz CT molecular complexity index is 713. The van der Waals surface area contributed by atoms with E-state index in [0.29, 0.717) is 28.6 Å². The summed E-state index contributed by atoms with van der Waals surface area (Å²) in [4.78, 5) is 17.8. The summed E-state index contributed by atoms with van der Waals surface area (Å²) < 4.78 is 18.9. The summed E-state index contributed by atoms with van der Waals surface area (Å²) >= 11 is 0. The number of esters is 1. The van der Waals surface area contributed by atoms with Gasteiger partial charge in [0.25, 0.3) is 0 Å². The van der Waals surface area contributed by atoms with Gasteiger partial charge in [0, 0.05) is 42.0 Å². The van der Waals surface area contributed by atoms with Gasteiger partial charge < -0.3 is 14.6 Å². The maximum atomic E-state index is 13.2. The Balaban J connectivity index is 1.52. The van der Waals surface area contributed by atoms with Crippen molar-refractivity contribution in [2.75, 3.05) is 7.05 Å². The van der Waals surface area contributed by atoms with Crippen molar-refractivity contribution in [1.82, 2.24) is 9.88 Å². The van der Waals surface area contributed by atoms with Crippen LogP contribution in [0.1, 0.15) is 36.0 Å². The number of aromatic nitrogens is 1. The molecule has 116 valence electrons. The Kier molecular flexibility index (Phi) is 3.18. The summed E-state index contributed by atoms with van der Waals surface area (Å²) in [6.07, 6.45) is 5.82. The van der Waals surface area contributed by atoms with Crippen LogP contribution in [0.2, 0.25) is 0 Å². The molecule has 1 aromatic heterocycles. The molecule has 5 heteroatoms. The Morgan fingerprint density at radius 3 is 2.77 bits per heavy atom. The van der Waals surface area contributed by atoms with Gasteiger partial charge in [0.2, 0.25) is 0 Å². The van der Waals surface area contributed by atoms with E-state index in [1.807, 2.05) is 0 Å². The van der Waals surface area contributed by atoms with E-state index in [-0.39, 0.29) is 17.9 Å². The summed E-state index contributed by atoms with van der Waals surface area (Å²) in [7, 11) is 2.16. The third-order valence-electron chi connectivity index (χ3n) is 5.19. The van der Waals surface area contributed by atoms with Crippen molar-refractivity contribution < 1.29 is 13.9 Å². The van der Waals surface area contributed by atoms with E-state index in [1.165, 1.54) is 25.0 Å². The Hall–Kier alpha value is -1.88. The fraction of sp³-hybridized carbons (Fsp3) is 0.471. The van der Waals surface area contributed by atoms with E-state index < -0.39 is 0 Å². The fourth-order valence-electron chi connectivity index (χ4n) is 3.94. The zero-order valence-electron chi connectivity index (χ0n) is 12.5. The van der Waals surface area contributed by atoms with Crippen LogP contribution in [-0.2, 0) is 4.74 Å². The molecule has 2 aromatic rings. The van der Waals surface area contributed by atoms with Crippen LogP contribution in [0.5, 0.6) is 0 Å². The molecular weight excluding hydrogens is 283 g/mol. The number of piperidine rings is 1. The molecule has 2 bridgehead atoms. The number of carbonyl (C=O) groups is 1. The summed E-state index contributed by atoms with van der Waals surface area (Å²) in [6, 6.07) is 5.45. The van der Waals surface area contributed by atoms with E-state index >= 15 is 0 Å². The molecule has 4 rings (SSSR count). The molecule has 0 radical (unpaired) electrons. The molecule has 2 saturated heterocycles. The zero-order valence-corrected chi connectivity index (χ0v) is 12.5. The topological polar surface area (TPSA) is 45.3 Å². The van der Waals surface area contributed by atoms with Crippen molar-refractivity contribution >= 4 is 16.9 Å². The standard InChI is InChI=1S/C17H19FN2O2/c1-20-11-3-4-12(20)8-13(7-11)22-17(21)15-9-19-16-6-10(18)2-5-14(15)16/h2,5-6,9,11-13,19H,3-4,7-8H2,1H3/t11-,12-/m1/s1. The largest absolute Gasteiger partial charge is 0.459 e. The Labute approximate surface area is 128 Å². The Morgan fingerprint density at radius 1 is 1.32 bits per heavy atom. The van der Waals surface area contributed by atoms with Crippen LogP contribution in [0.15, 0.2) is 24.4 Å². The highest BCUT2D eigenvalue weighted by atomic mass is 19.1. The number of H-pyrrole nitrogens is 1. The molecule has 4 nitrogen and oxygen atoms in total. The number of carbonyl (C=O) groups excluding carboxylic acids is 1. The number of aromatic amines is 1. The quantitative estimate of drug-likeness (QED) is 0.867. The predicted octanol–water partition coefficient (Wildman–Crippen LogP) is 3.09. The van der Waals surface area contributed by atoms with Crippen molar-refractivity contribution in [3.63, 3.8) is 0 Å². The minimum absolute atomic E-state index is 0.00778. The number of ether oxygens (including phenoxy) is 1. The van der Waals surface area contributed by atoms with Gasteiger partial charge in [0.15, 0.2) is 0 Å². The van der Waals surface area contributed by atoms with E-state index in [4.69, 9.17) is 4.74 Å². The minimum Gasteiger partial charge on any atom is -0.459 e. The van der Waals surface area contributed by atoms with Gasteiger partial charge in [0.05, 0.1) is 5.56 Å². The second kappa shape index (κ2) is 5.09. The summed E-state index contributed by atoms with van der Waals surface area (Å²) in [5, 5.41) is 0.710. The smallest absolute Gasteiger partial charge is 0.340 e. The number of nitrogens with one attached hydrogen (secondary N) is 1. The lowest BCUT2D eigenvalue weighted by Crippen LogP contribution is -2.43. The molecule has 0 amide bonds. The van der Waals surface area contributed by atoms with Crippen LogP contribution in [0.3, 0.4) is 0 Å². The van der Waals surface area contributed by atoms with Gasteiger partial charge in [-0.1, -0.05) is 0 Å². The highest BCUT2D eigenvalue weighted by Gasteiger charge is 2.40. The molecule has 3 heterocycles. The van der Waals surface area contributed by atoms with E-state index in [0.717, 1.165) is 12.8 Å². The van der Waals surface area contributed by atoms with Gasteiger partial charge >= 0.3 is 5.97 Å². The first-order valence-electron chi connectivity index (χ1n) is 7.81. The Morgan fingerprint density at radius 2 is 2.05 bits per heavy atom. The van der Waals surface area contributed by atoms with Crippen LogP contribution in [0, 0.1) is 5.82 Å². The van der Waals surface area contributed by atoms with Crippen molar-refractivity contribution in [3.05, 3.63) is 35.8 Å². The molecule has 2 fully saturated rings. The van der Waals surface area contributed by atoms with Crippen LogP contribution < -0.4 is 0 Å². The molecule has 22 heavy (non-hydrogen) atoms. The molecule has 0 unspecified atom stereocenters. The van der Waals surface area contributed by atoms with E-state index in [2.05, 4.69) is 16.9 Å². The minimum atomic E-state index is -0.318. The summed E-state index contributed by atoms with van der Waals surface area (Å²) in [5.74, 6) is -0.632. The molecule has 2 aliphatic heterocycles. The predicted molar refractivity (Wildman–Crippen MR) is 81.3 cm³/mol. The summed E-state index contributed by atoms with van der Waals surface area (Å²) in [6.45, 7) is 0. The second-order valence-electron chi connectivity index (χ2n) is 6.44. The van der Waals surface area contributed by atoms with Gasteiger partial charge in [0.1, 0.15) is 11.9 Å². The highest BCUT2D eigenvalue weighted by molar-refractivity contribution is 6.04.